The van der Waals surface area contributed by atoms with Crippen LogP contribution in [0.15, 0.2) is 83.3 Å². The molecule has 0 spiro atoms. The first-order chi connectivity index (χ1) is 18.2. The zero-order valence-electron chi connectivity index (χ0n) is 21.7. The summed E-state index contributed by atoms with van der Waals surface area (Å²) in [5.41, 5.74) is 2.89. The Morgan fingerprint density at radius 1 is 0.947 bits per heavy atom. The molecule has 0 aliphatic carbocycles. The quantitative estimate of drug-likeness (QED) is 0.255. The van der Waals surface area contributed by atoms with Crippen LogP contribution in [0.4, 0.5) is 10.5 Å². The Morgan fingerprint density at radius 3 is 2.32 bits per heavy atom. The maximum absolute atomic E-state index is 12.8. The fraction of sp³-hybridized carbons (Fsp3) is 0.300. The molecule has 1 aromatic heterocycles. The molecule has 8 nitrogen and oxygen atoms in total. The fourth-order valence-corrected chi connectivity index (χ4v) is 3.97. The predicted octanol–water partition coefficient (Wildman–Crippen LogP) is 6.20. The summed E-state index contributed by atoms with van der Waals surface area (Å²) in [5.74, 6) is -0.844. The lowest BCUT2D eigenvalue weighted by molar-refractivity contribution is -0.147. The molecule has 0 saturated carbocycles. The SMILES string of the molecule is CC(C)(C)OC(=O)Nc1ccc(C[C@H](CC(=O)OCc2ccccc2)C(O)c2nc3ccccc3o2)cc1. The Hall–Kier alpha value is -4.17. The molecule has 4 rings (SSSR count). The minimum Gasteiger partial charge on any atom is -0.461 e. The molecule has 4 aromatic rings. The number of fused-ring (bicyclic) bond motifs is 1. The molecule has 1 unspecified atom stereocenters. The average Bonchev–Trinajstić information content (AvgIpc) is 3.32. The minimum atomic E-state index is -1.13. The molecule has 1 heterocycles. The number of esters is 1. The van der Waals surface area contributed by atoms with Crippen LogP contribution >= 0.6 is 0 Å². The van der Waals surface area contributed by atoms with Crippen LogP contribution < -0.4 is 5.32 Å². The summed E-state index contributed by atoms with van der Waals surface area (Å²) in [4.78, 5) is 29.3. The molecule has 8 heteroatoms. The number of aliphatic hydroxyl groups excluding tert-OH is 1. The number of oxazole rings is 1. The summed E-state index contributed by atoms with van der Waals surface area (Å²) in [5, 5.41) is 13.9. The Kier molecular flexibility index (Phi) is 8.43. The summed E-state index contributed by atoms with van der Waals surface area (Å²) < 4.78 is 16.6. The molecule has 0 aliphatic heterocycles. The van der Waals surface area contributed by atoms with Gasteiger partial charge >= 0.3 is 12.1 Å². The number of nitrogens with zero attached hydrogens (tertiary/aromatic N) is 1. The molecule has 2 N–H and O–H groups in total. The van der Waals surface area contributed by atoms with Gasteiger partial charge in [-0.1, -0.05) is 54.6 Å². The molecule has 0 saturated heterocycles. The Bertz CT molecular complexity index is 1330. The van der Waals surface area contributed by atoms with Crippen molar-refractivity contribution in [2.45, 2.75) is 51.9 Å². The summed E-state index contributed by atoms with van der Waals surface area (Å²) in [6, 6.07) is 23.8. The van der Waals surface area contributed by atoms with Gasteiger partial charge in [0.2, 0.25) is 5.89 Å². The number of carbonyl (C=O) groups is 2. The maximum Gasteiger partial charge on any atom is 0.412 e. The van der Waals surface area contributed by atoms with Crippen LogP contribution in [-0.2, 0) is 27.3 Å². The number of nitrogens with one attached hydrogen (secondary N) is 1. The lowest BCUT2D eigenvalue weighted by Gasteiger charge is -2.21. The van der Waals surface area contributed by atoms with Crippen LogP contribution in [0.2, 0.25) is 0 Å². The van der Waals surface area contributed by atoms with Crippen LogP contribution in [0.3, 0.4) is 0 Å². The van der Waals surface area contributed by atoms with Gasteiger partial charge in [0, 0.05) is 11.6 Å². The summed E-state index contributed by atoms with van der Waals surface area (Å²) >= 11 is 0. The number of anilines is 1. The van der Waals surface area contributed by atoms with E-state index in [-0.39, 0.29) is 18.9 Å². The normalized spacial score (nSPS) is 13.1. The predicted molar refractivity (Wildman–Crippen MR) is 143 cm³/mol. The van der Waals surface area contributed by atoms with Crippen molar-refractivity contribution in [3.63, 3.8) is 0 Å². The van der Waals surface area contributed by atoms with Crippen molar-refractivity contribution in [1.82, 2.24) is 4.98 Å². The smallest absolute Gasteiger partial charge is 0.412 e. The third-order valence-electron chi connectivity index (χ3n) is 5.78. The van der Waals surface area contributed by atoms with E-state index in [0.29, 0.717) is 23.2 Å². The Labute approximate surface area is 221 Å². The number of hydrogen-bond acceptors (Lipinski definition) is 7. The van der Waals surface area contributed by atoms with E-state index in [1.54, 1.807) is 45.0 Å². The van der Waals surface area contributed by atoms with Gasteiger partial charge in [0.25, 0.3) is 0 Å². The van der Waals surface area contributed by atoms with Crippen molar-refractivity contribution in [2.24, 2.45) is 5.92 Å². The molecule has 2 atom stereocenters. The number of carbonyl (C=O) groups excluding carboxylic acids is 2. The van der Waals surface area contributed by atoms with Gasteiger partial charge < -0.3 is 19.0 Å². The average molecular weight is 517 g/mol. The summed E-state index contributed by atoms with van der Waals surface area (Å²) in [6.07, 6.45) is -1.36. The molecular weight excluding hydrogens is 484 g/mol. The van der Waals surface area contributed by atoms with Crippen molar-refractivity contribution >= 4 is 28.8 Å². The first-order valence-corrected chi connectivity index (χ1v) is 12.5. The van der Waals surface area contributed by atoms with Crippen LogP contribution in [0.25, 0.3) is 11.1 Å². The van der Waals surface area contributed by atoms with E-state index in [2.05, 4.69) is 10.3 Å². The van der Waals surface area contributed by atoms with Crippen molar-refractivity contribution in [3.8, 4) is 0 Å². The number of benzene rings is 3. The van der Waals surface area contributed by atoms with Crippen molar-refractivity contribution in [2.75, 3.05) is 5.32 Å². The number of aliphatic hydroxyl groups is 1. The highest BCUT2D eigenvalue weighted by atomic mass is 16.6. The van der Waals surface area contributed by atoms with Gasteiger partial charge in [-0.15, -0.1) is 0 Å². The molecule has 0 radical (unpaired) electrons. The van der Waals surface area contributed by atoms with Crippen molar-refractivity contribution in [1.29, 1.82) is 0 Å². The third-order valence-corrected chi connectivity index (χ3v) is 5.78. The van der Waals surface area contributed by atoms with E-state index >= 15 is 0 Å². The van der Waals surface area contributed by atoms with Crippen LogP contribution in [-0.4, -0.2) is 27.8 Å². The third kappa shape index (κ3) is 7.66. The van der Waals surface area contributed by atoms with Gasteiger partial charge in [-0.2, -0.15) is 0 Å². The van der Waals surface area contributed by atoms with Crippen LogP contribution in [0.5, 0.6) is 0 Å². The topological polar surface area (TPSA) is 111 Å². The zero-order chi connectivity index (χ0) is 27.1. The molecule has 0 bridgehead atoms. The molecule has 198 valence electrons. The van der Waals surface area contributed by atoms with E-state index in [1.165, 1.54) is 0 Å². The van der Waals surface area contributed by atoms with Gasteiger partial charge in [0.15, 0.2) is 5.58 Å². The van der Waals surface area contributed by atoms with E-state index in [4.69, 9.17) is 13.9 Å². The Balaban J connectivity index is 1.47. The first kappa shape index (κ1) is 26.9. The first-order valence-electron chi connectivity index (χ1n) is 12.5. The number of hydrogen-bond donors (Lipinski definition) is 2. The summed E-state index contributed by atoms with van der Waals surface area (Å²) in [6.45, 7) is 5.53. The van der Waals surface area contributed by atoms with Crippen molar-refractivity contribution < 1.29 is 28.6 Å². The van der Waals surface area contributed by atoms with Gasteiger partial charge in [-0.25, -0.2) is 9.78 Å². The highest BCUT2D eigenvalue weighted by Crippen LogP contribution is 2.31. The second kappa shape index (κ2) is 11.9. The lowest BCUT2D eigenvalue weighted by atomic mass is 9.90. The van der Waals surface area contributed by atoms with E-state index in [9.17, 15) is 14.7 Å². The zero-order valence-corrected chi connectivity index (χ0v) is 21.7. The molecule has 0 aliphatic rings. The molecular formula is C30H32N2O6. The van der Waals surface area contributed by atoms with E-state index in [0.717, 1.165) is 11.1 Å². The number of rotatable bonds is 9. The second-order valence-corrected chi connectivity index (χ2v) is 10.1. The molecule has 38 heavy (non-hydrogen) atoms. The lowest BCUT2D eigenvalue weighted by Crippen LogP contribution is -2.27. The fourth-order valence-electron chi connectivity index (χ4n) is 3.97. The van der Waals surface area contributed by atoms with Crippen molar-refractivity contribution in [3.05, 3.63) is 95.9 Å². The highest BCUT2D eigenvalue weighted by molar-refractivity contribution is 5.84. The largest absolute Gasteiger partial charge is 0.461 e. The standard InChI is InChI=1S/C30H32N2O6/c1-30(2,3)38-29(35)31-23-15-13-20(14-16-23)17-22(18-26(33)36-19-21-9-5-4-6-10-21)27(34)28-32-24-11-7-8-12-25(24)37-28/h4-16,22,27,34H,17-19H2,1-3H3,(H,31,35)/t22-,27?/m1/s1. The van der Waals surface area contributed by atoms with Gasteiger partial charge in [0.05, 0.1) is 6.42 Å². The molecule has 0 fully saturated rings. The minimum absolute atomic E-state index is 0.0371. The van der Waals surface area contributed by atoms with E-state index in [1.807, 2.05) is 54.6 Å². The van der Waals surface area contributed by atoms with Gasteiger partial charge in [0.1, 0.15) is 23.8 Å². The van der Waals surface area contributed by atoms with Gasteiger partial charge in [-0.05, 0) is 62.6 Å². The van der Waals surface area contributed by atoms with E-state index < -0.39 is 29.7 Å². The number of para-hydroxylation sites is 2. The molecule has 1 amide bonds. The number of ether oxygens (including phenoxy) is 2. The van der Waals surface area contributed by atoms with Crippen LogP contribution in [0, 0.1) is 5.92 Å². The molecule has 3 aromatic carbocycles. The van der Waals surface area contributed by atoms with Gasteiger partial charge in [-0.3, -0.25) is 10.1 Å². The Morgan fingerprint density at radius 2 is 1.63 bits per heavy atom. The maximum atomic E-state index is 12.8. The number of aromatic nitrogens is 1. The highest BCUT2D eigenvalue weighted by Gasteiger charge is 2.29. The monoisotopic (exact) mass is 516 g/mol. The summed E-state index contributed by atoms with van der Waals surface area (Å²) in [7, 11) is 0. The number of amides is 1. The second-order valence-electron chi connectivity index (χ2n) is 10.1. The van der Waals surface area contributed by atoms with Crippen LogP contribution in [0.1, 0.15) is 50.3 Å².